The molecule has 66 valence electrons. The molecule has 2 aromatic heterocycles. The summed E-state index contributed by atoms with van der Waals surface area (Å²) in [6.45, 7) is 1.96. The van der Waals surface area contributed by atoms with Gasteiger partial charge in [0.2, 0.25) is 0 Å². The molecule has 0 saturated heterocycles. The lowest BCUT2D eigenvalue weighted by molar-refractivity contribution is 0.858. The fraction of sp³-hybridized carbons (Fsp3) is 0.125. The zero-order valence-electron chi connectivity index (χ0n) is 7.06. The highest BCUT2D eigenvalue weighted by atomic mass is 32.1. The van der Waals surface area contributed by atoms with Crippen LogP contribution in [0.5, 0.6) is 0 Å². The van der Waals surface area contributed by atoms with Crippen LogP contribution in [-0.4, -0.2) is 19.7 Å². The lowest BCUT2D eigenvalue weighted by Crippen LogP contribution is -1.95. The van der Waals surface area contributed by atoms with Crippen LogP contribution < -0.4 is 0 Å². The van der Waals surface area contributed by atoms with E-state index in [0.717, 1.165) is 15.9 Å². The van der Waals surface area contributed by atoms with E-state index in [1.807, 2.05) is 13.1 Å². The molecule has 0 bridgehead atoms. The van der Waals surface area contributed by atoms with E-state index >= 15 is 0 Å². The Balaban J connectivity index is 2.54. The molecular formula is C8H8N4S. The standard InChI is InChI=1S/C8H8N4S/c1-6-4-12(11-8(6)13)7-2-9-5-10-3-7/h2-5H,1H3,(H,11,13). The van der Waals surface area contributed by atoms with Gasteiger partial charge in [-0.3, -0.25) is 9.78 Å². The normalized spacial score (nSPS) is 10.2. The van der Waals surface area contributed by atoms with Crippen molar-refractivity contribution in [3.05, 3.63) is 35.1 Å². The molecule has 0 spiro atoms. The fourth-order valence-corrected chi connectivity index (χ4v) is 1.19. The Morgan fingerprint density at radius 1 is 1.38 bits per heavy atom. The van der Waals surface area contributed by atoms with E-state index in [4.69, 9.17) is 12.2 Å². The summed E-state index contributed by atoms with van der Waals surface area (Å²) in [4.78, 5) is 7.83. The van der Waals surface area contributed by atoms with Crippen LogP contribution in [0.25, 0.3) is 5.69 Å². The number of H-pyrrole nitrogens is 1. The summed E-state index contributed by atoms with van der Waals surface area (Å²) in [6.07, 6.45) is 6.85. The third-order valence-corrected chi connectivity index (χ3v) is 2.14. The molecule has 2 aromatic rings. The van der Waals surface area contributed by atoms with Crippen LogP contribution in [0.1, 0.15) is 5.56 Å². The summed E-state index contributed by atoms with van der Waals surface area (Å²) < 4.78 is 2.54. The lowest BCUT2D eigenvalue weighted by atomic mass is 10.4. The predicted molar refractivity (Wildman–Crippen MR) is 51.3 cm³/mol. The zero-order chi connectivity index (χ0) is 9.26. The molecule has 0 fully saturated rings. The van der Waals surface area contributed by atoms with E-state index in [0.29, 0.717) is 0 Å². The van der Waals surface area contributed by atoms with Crippen molar-refractivity contribution in [3.63, 3.8) is 0 Å². The van der Waals surface area contributed by atoms with E-state index in [2.05, 4.69) is 15.1 Å². The second-order valence-electron chi connectivity index (χ2n) is 2.72. The topological polar surface area (TPSA) is 46.5 Å². The Labute approximate surface area is 80.3 Å². The number of rotatable bonds is 1. The highest BCUT2D eigenvalue weighted by Gasteiger charge is 1.97. The maximum absolute atomic E-state index is 5.06. The van der Waals surface area contributed by atoms with Gasteiger partial charge in [0.1, 0.15) is 11.0 Å². The Morgan fingerprint density at radius 3 is 2.62 bits per heavy atom. The molecule has 0 atom stereocenters. The van der Waals surface area contributed by atoms with Crippen LogP contribution in [0.2, 0.25) is 0 Å². The second-order valence-corrected chi connectivity index (χ2v) is 3.13. The summed E-state index contributed by atoms with van der Waals surface area (Å²) in [5, 5.41) is 3.01. The van der Waals surface area contributed by atoms with Gasteiger partial charge in [0.25, 0.3) is 0 Å². The highest BCUT2D eigenvalue weighted by molar-refractivity contribution is 7.71. The molecule has 0 unspecified atom stereocenters. The van der Waals surface area contributed by atoms with Crippen molar-refractivity contribution in [2.75, 3.05) is 0 Å². The van der Waals surface area contributed by atoms with Crippen molar-refractivity contribution in [1.82, 2.24) is 19.7 Å². The van der Waals surface area contributed by atoms with Gasteiger partial charge in [-0.1, -0.05) is 12.2 Å². The highest BCUT2D eigenvalue weighted by Crippen LogP contribution is 2.05. The van der Waals surface area contributed by atoms with Gasteiger partial charge >= 0.3 is 0 Å². The van der Waals surface area contributed by atoms with Gasteiger partial charge in [-0.15, -0.1) is 0 Å². The number of hydrogen-bond acceptors (Lipinski definition) is 3. The maximum Gasteiger partial charge on any atom is 0.122 e. The first-order valence-electron chi connectivity index (χ1n) is 3.81. The molecular weight excluding hydrogens is 184 g/mol. The van der Waals surface area contributed by atoms with Gasteiger partial charge in [-0.25, -0.2) is 9.97 Å². The first-order valence-corrected chi connectivity index (χ1v) is 4.22. The van der Waals surface area contributed by atoms with Crippen LogP contribution in [0.15, 0.2) is 24.9 Å². The fourth-order valence-electron chi connectivity index (χ4n) is 1.04. The largest absolute Gasteiger partial charge is 0.284 e. The molecule has 5 heteroatoms. The summed E-state index contributed by atoms with van der Waals surface area (Å²) in [5.41, 5.74) is 1.92. The number of aromatic amines is 1. The molecule has 0 aliphatic carbocycles. The number of hydrogen-bond donors (Lipinski definition) is 1. The van der Waals surface area contributed by atoms with Crippen LogP contribution in [-0.2, 0) is 0 Å². The SMILES string of the molecule is Cc1cn(-c2cncnc2)[nH]c1=S. The summed E-state index contributed by atoms with van der Waals surface area (Å²) in [6, 6.07) is 0. The van der Waals surface area contributed by atoms with E-state index in [9.17, 15) is 0 Å². The molecule has 0 aliphatic rings. The predicted octanol–water partition coefficient (Wildman–Crippen LogP) is 1.63. The zero-order valence-corrected chi connectivity index (χ0v) is 7.88. The van der Waals surface area contributed by atoms with E-state index < -0.39 is 0 Å². The monoisotopic (exact) mass is 192 g/mol. The van der Waals surface area contributed by atoms with E-state index in [-0.39, 0.29) is 0 Å². The Hall–Kier alpha value is -1.49. The summed E-state index contributed by atoms with van der Waals surface area (Å²) in [5.74, 6) is 0. The van der Waals surface area contributed by atoms with Crippen LogP contribution in [0.3, 0.4) is 0 Å². The van der Waals surface area contributed by atoms with Crippen LogP contribution >= 0.6 is 12.2 Å². The molecule has 0 radical (unpaired) electrons. The molecule has 0 amide bonds. The number of nitrogens with zero attached hydrogens (tertiary/aromatic N) is 3. The van der Waals surface area contributed by atoms with E-state index in [1.165, 1.54) is 6.33 Å². The van der Waals surface area contributed by atoms with E-state index in [1.54, 1.807) is 17.1 Å². The second kappa shape index (κ2) is 3.10. The Kier molecular flexibility index (Phi) is 1.94. The van der Waals surface area contributed by atoms with Crippen molar-refractivity contribution >= 4 is 12.2 Å². The number of aromatic nitrogens is 4. The minimum atomic E-state index is 0.740. The van der Waals surface area contributed by atoms with Crippen molar-refractivity contribution in [1.29, 1.82) is 0 Å². The van der Waals surface area contributed by atoms with Gasteiger partial charge in [0.15, 0.2) is 0 Å². The molecule has 2 rings (SSSR count). The minimum Gasteiger partial charge on any atom is -0.284 e. The average Bonchev–Trinajstić information content (AvgIpc) is 2.49. The van der Waals surface area contributed by atoms with Gasteiger partial charge in [0, 0.05) is 11.8 Å². The Morgan fingerprint density at radius 2 is 2.08 bits per heavy atom. The number of nitrogens with one attached hydrogen (secondary N) is 1. The molecule has 1 N–H and O–H groups in total. The molecule has 2 heterocycles. The Bertz CT molecular complexity index is 456. The van der Waals surface area contributed by atoms with Crippen LogP contribution in [0, 0.1) is 11.6 Å². The molecule has 13 heavy (non-hydrogen) atoms. The van der Waals surface area contributed by atoms with Gasteiger partial charge < -0.3 is 0 Å². The average molecular weight is 192 g/mol. The minimum absolute atomic E-state index is 0.740. The molecule has 0 saturated carbocycles. The number of aryl methyl sites for hydroxylation is 1. The van der Waals surface area contributed by atoms with Gasteiger partial charge in [-0.2, -0.15) is 0 Å². The third kappa shape index (κ3) is 1.50. The smallest absolute Gasteiger partial charge is 0.122 e. The van der Waals surface area contributed by atoms with Crippen molar-refractivity contribution in [2.24, 2.45) is 0 Å². The summed E-state index contributed by atoms with van der Waals surface area (Å²) in [7, 11) is 0. The maximum atomic E-state index is 5.06. The van der Waals surface area contributed by atoms with Crippen molar-refractivity contribution in [3.8, 4) is 5.69 Å². The molecule has 0 aromatic carbocycles. The third-order valence-electron chi connectivity index (χ3n) is 1.73. The summed E-state index contributed by atoms with van der Waals surface area (Å²) >= 11 is 5.06. The van der Waals surface area contributed by atoms with Crippen molar-refractivity contribution < 1.29 is 0 Å². The molecule has 4 nitrogen and oxygen atoms in total. The van der Waals surface area contributed by atoms with Gasteiger partial charge in [-0.05, 0) is 6.92 Å². The first-order chi connectivity index (χ1) is 6.27. The first kappa shape index (κ1) is 8.12. The van der Waals surface area contributed by atoms with Crippen molar-refractivity contribution in [2.45, 2.75) is 6.92 Å². The lowest BCUT2D eigenvalue weighted by Gasteiger charge is -1.98. The quantitative estimate of drug-likeness (QED) is 0.698. The van der Waals surface area contributed by atoms with Gasteiger partial charge in [0.05, 0.1) is 18.1 Å². The molecule has 0 aliphatic heterocycles. The van der Waals surface area contributed by atoms with Crippen LogP contribution in [0.4, 0.5) is 0 Å².